The van der Waals surface area contributed by atoms with Gasteiger partial charge >= 0.3 is 11.9 Å². The highest BCUT2D eigenvalue weighted by molar-refractivity contribution is 14.1. The van der Waals surface area contributed by atoms with Crippen molar-refractivity contribution in [1.82, 2.24) is 5.32 Å². The average Bonchev–Trinajstić information content (AvgIpc) is 2.43. The van der Waals surface area contributed by atoms with Crippen molar-refractivity contribution in [2.75, 3.05) is 7.11 Å². The van der Waals surface area contributed by atoms with Crippen molar-refractivity contribution in [3.05, 3.63) is 33.4 Å². The number of carbonyl (C=O) groups excluding carboxylic acids is 2. The monoisotopic (exact) mass is 391 g/mol. The van der Waals surface area contributed by atoms with Crippen molar-refractivity contribution >= 4 is 40.4 Å². The van der Waals surface area contributed by atoms with Crippen LogP contribution in [0.25, 0.3) is 0 Å². The van der Waals surface area contributed by atoms with Crippen molar-refractivity contribution in [3.63, 3.8) is 0 Å². The summed E-state index contributed by atoms with van der Waals surface area (Å²) in [6, 6.07) is 5.59. The molecule has 1 amide bonds. The standard InChI is InChI=1S/C13H14INO5/c1-20-11(16)7-6-10(13(18)19)15-12(17)8-2-4-9(14)5-3-8/h2-5,10H,6-7H2,1H3,(H,15,17)(H,18,19)/t10-/m0/s1. The summed E-state index contributed by atoms with van der Waals surface area (Å²) in [7, 11) is 1.22. The minimum atomic E-state index is -1.19. The maximum absolute atomic E-state index is 11.9. The van der Waals surface area contributed by atoms with Crippen LogP contribution in [0.4, 0.5) is 0 Å². The van der Waals surface area contributed by atoms with E-state index in [-0.39, 0.29) is 12.8 Å². The summed E-state index contributed by atoms with van der Waals surface area (Å²) in [4.78, 5) is 33.9. The summed E-state index contributed by atoms with van der Waals surface area (Å²) >= 11 is 2.10. The van der Waals surface area contributed by atoms with Crippen LogP contribution in [-0.4, -0.2) is 36.1 Å². The molecule has 20 heavy (non-hydrogen) atoms. The van der Waals surface area contributed by atoms with Gasteiger partial charge in [-0.05, 0) is 53.3 Å². The molecule has 0 fully saturated rings. The van der Waals surface area contributed by atoms with E-state index in [1.165, 1.54) is 7.11 Å². The van der Waals surface area contributed by atoms with E-state index < -0.39 is 23.9 Å². The number of carboxylic acid groups (broad SMARTS) is 1. The number of esters is 1. The molecule has 1 rings (SSSR count). The minimum absolute atomic E-state index is 0.0158. The molecule has 0 bridgehead atoms. The molecule has 7 heteroatoms. The van der Waals surface area contributed by atoms with E-state index in [9.17, 15) is 14.4 Å². The molecule has 0 saturated heterocycles. The van der Waals surface area contributed by atoms with Crippen LogP contribution >= 0.6 is 22.6 Å². The highest BCUT2D eigenvalue weighted by atomic mass is 127. The highest BCUT2D eigenvalue weighted by Gasteiger charge is 2.21. The number of amides is 1. The molecule has 2 N–H and O–H groups in total. The third kappa shape index (κ3) is 5.16. The van der Waals surface area contributed by atoms with Gasteiger partial charge in [0.25, 0.3) is 5.91 Å². The first-order valence-corrected chi connectivity index (χ1v) is 6.88. The maximum Gasteiger partial charge on any atom is 0.326 e. The van der Waals surface area contributed by atoms with E-state index in [4.69, 9.17) is 5.11 Å². The molecule has 0 heterocycles. The third-order valence-electron chi connectivity index (χ3n) is 2.57. The Morgan fingerprint density at radius 2 is 1.90 bits per heavy atom. The van der Waals surface area contributed by atoms with Gasteiger partial charge in [-0.25, -0.2) is 4.79 Å². The lowest BCUT2D eigenvalue weighted by Crippen LogP contribution is -2.41. The van der Waals surface area contributed by atoms with Crippen LogP contribution in [0.3, 0.4) is 0 Å². The molecule has 0 unspecified atom stereocenters. The third-order valence-corrected chi connectivity index (χ3v) is 3.29. The zero-order valence-electron chi connectivity index (χ0n) is 10.8. The fraction of sp³-hybridized carbons (Fsp3) is 0.308. The molecule has 0 radical (unpaired) electrons. The summed E-state index contributed by atoms with van der Waals surface area (Å²) < 4.78 is 5.41. The van der Waals surface area contributed by atoms with Gasteiger partial charge in [-0.15, -0.1) is 0 Å². The summed E-state index contributed by atoms with van der Waals surface area (Å²) in [5.74, 6) is -2.19. The molecule has 108 valence electrons. The van der Waals surface area contributed by atoms with Gasteiger partial charge in [0.15, 0.2) is 0 Å². The summed E-state index contributed by atoms with van der Waals surface area (Å²) in [6.45, 7) is 0. The Kier molecular flexibility index (Phi) is 6.43. The predicted octanol–water partition coefficient (Wildman–Crippen LogP) is 1.43. The molecule has 0 aliphatic carbocycles. The van der Waals surface area contributed by atoms with E-state index >= 15 is 0 Å². The Hall–Kier alpha value is -1.64. The molecule has 0 aliphatic rings. The Bertz CT molecular complexity index is 500. The Morgan fingerprint density at radius 1 is 1.30 bits per heavy atom. The first-order chi connectivity index (χ1) is 9.43. The van der Waals surface area contributed by atoms with Crippen LogP contribution < -0.4 is 5.32 Å². The molecular formula is C13H14INO5. The van der Waals surface area contributed by atoms with Gasteiger partial charge < -0.3 is 15.2 Å². The minimum Gasteiger partial charge on any atom is -0.480 e. The van der Waals surface area contributed by atoms with Crippen molar-refractivity contribution in [3.8, 4) is 0 Å². The van der Waals surface area contributed by atoms with E-state index in [0.29, 0.717) is 5.56 Å². The number of carbonyl (C=O) groups is 3. The van der Waals surface area contributed by atoms with Gasteiger partial charge in [0.1, 0.15) is 6.04 Å². The zero-order chi connectivity index (χ0) is 15.1. The zero-order valence-corrected chi connectivity index (χ0v) is 12.9. The number of carboxylic acids is 1. The number of hydrogen-bond acceptors (Lipinski definition) is 4. The lowest BCUT2D eigenvalue weighted by molar-refractivity contribution is -0.142. The second-order valence-corrected chi connectivity index (χ2v) is 5.23. The fourth-order valence-electron chi connectivity index (χ4n) is 1.46. The Morgan fingerprint density at radius 3 is 2.40 bits per heavy atom. The first-order valence-electron chi connectivity index (χ1n) is 5.80. The van der Waals surface area contributed by atoms with Crippen molar-refractivity contribution in [2.45, 2.75) is 18.9 Å². The molecule has 0 saturated carbocycles. The van der Waals surface area contributed by atoms with Crippen LogP contribution in [0.5, 0.6) is 0 Å². The second-order valence-electron chi connectivity index (χ2n) is 3.99. The van der Waals surface area contributed by atoms with Crippen LogP contribution in [0.2, 0.25) is 0 Å². The van der Waals surface area contributed by atoms with E-state index in [2.05, 4.69) is 32.6 Å². The van der Waals surface area contributed by atoms with E-state index in [1.807, 2.05) is 0 Å². The second kappa shape index (κ2) is 7.83. The molecule has 1 aromatic rings. The number of halogens is 1. The van der Waals surface area contributed by atoms with Gasteiger partial charge in [-0.1, -0.05) is 0 Å². The van der Waals surface area contributed by atoms with Gasteiger partial charge in [0.2, 0.25) is 0 Å². The lowest BCUT2D eigenvalue weighted by Gasteiger charge is -2.14. The van der Waals surface area contributed by atoms with Crippen LogP contribution in [0.15, 0.2) is 24.3 Å². The fourth-order valence-corrected chi connectivity index (χ4v) is 1.82. The van der Waals surface area contributed by atoms with Crippen molar-refractivity contribution in [2.24, 2.45) is 0 Å². The summed E-state index contributed by atoms with van der Waals surface area (Å²) in [5, 5.41) is 11.4. The van der Waals surface area contributed by atoms with Gasteiger partial charge in [0.05, 0.1) is 7.11 Å². The topological polar surface area (TPSA) is 92.7 Å². The van der Waals surface area contributed by atoms with Gasteiger partial charge in [-0.3, -0.25) is 9.59 Å². The number of hydrogen-bond donors (Lipinski definition) is 2. The van der Waals surface area contributed by atoms with Crippen LogP contribution in [0.1, 0.15) is 23.2 Å². The number of nitrogens with one attached hydrogen (secondary N) is 1. The number of methoxy groups -OCH3 is 1. The summed E-state index contributed by atoms with van der Waals surface area (Å²) in [5.41, 5.74) is 0.370. The maximum atomic E-state index is 11.9. The normalized spacial score (nSPS) is 11.5. The molecular weight excluding hydrogens is 377 g/mol. The lowest BCUT2D eigenvalue weighted by atomic mass is 10.1. The first kappa shape index (κ1) is 16.4. The van der Waals surface area contributed by atoms with Crippen molar-refractivity contribution < 1.29 is 24.2 Å². The molecule has 6 nitrogen and oxygen atoms in total. The van der Waals surface area contributed by atoms with Crippen LogP contribution in [-0.2, 0) is 14.3 Å². The SMILES string of the molecule is COC(=O)CC[C@H](NC(=O)c1ccc(I)cc1)C(=O)O. The predicted molar refractivity (Wildman–Crippen MR) is 79.3 cm³/mol. The van der Waals surface area contributed by atoms with E-state index in [1.54, 1.807) is 24.3 Å². The molecule has 0 spiro atoms. The highest BCUT2D eigenvalue weighted by Crippen LogP contribution is 2.08. The van der Waals surface area contributed by atoms with Crippen molar-refractivity contribution in [1.29, 1.82) is 0 Å². The van der Waals surface area contributed by atoms with E-state index in [0.717, 1.165) is 3.57 Å². The quantitative estimate of drug-likeness (QED) is 0.566. The molecule has 1 atom stereocenters. The number of rotatable bonds is 6. The molecule has 0 aliphatic heterocycles. The van der Waals surface area contributed by atoms with Crippen LogP contribution in [0, 0.1) is 3.57 Å². The smallest absolute Gasteiger partial charge is 0.326 e. The summed E-state index contributed by atoms with van der Waals surface area (Å²) in [6.07, 6.45) is -0.0848. The number of benzene rings is 1. The Balaban J connectivity index is 2.65. The molecule has 1 aromatic carbocycles. The number of aliphatic carboxylic acids is 1. The van der Waals surface area contributed by atoms with Gasteiger partial charge in [-0.2, -0.15) is 0 Å². The average molecular weight is 391 g/mol. The Labute approximate surface area is 129 Å². The number of ether oxygens (including phenoxy) is 1. The largest absolute Gasteiger partial charge is 0.480 e. The van der Waals surface area contributed by atoms with Gasteiger partial charge in [0, 0.05) is 15.6 Å². The molecule has 0 aromatic heterocycles.